The number of hydrogen-bond donors (Lipinski definition) is 2. The maximum Gasteiger partial charge on any atom is 0.167 e. The first-order valence-corrected chi connectivity index (χ1v) is 11.3. The fourth-order valence-electron chi connectivity index (χ4n) is 4.41. The molecular weight excluding hydrogens is 456 g/mol. The average molecular weight is 481 g/mol. The third kappa shape index (κ3) is 3.53. The molecule has 4 aromatic rings. The fraction of sp³-hybridized carbons (Fsp3) is 0.348. The lowest BCUT2D eigenvalue weighted by atomic mass is 9.83. The lowest BCUT2D eigenvalue weighted by molar-refractivity contribution is 0.00645. The zero-order valence-electron chi connectivity index (χ0n) is 17.6. The summed E-state index contributed by atoms with van der Waals surface area (Å²) in [6, 6.07) is 10.1. The van der Waals surface area contributed by atoms with Crippen molar-refractivity contribution in [3.8, 4) is 11.1 Å². The molecule has 31 heavy (non-hydrogen) atoms. The quantitative estimate of drug-likeness (QED) is 0.454. The molecule has 3 aromatic heterocycles. The minimum absolute atomic E-state index is 0.276. The maximum absolute atomic E-state index is 10.4. The molecule has 3 N–H and O–H groups in total. The number of nitrogen functional groups attached to an aromatic ring is 1. The highest BCUT2D eigenvalue weighted by molar-refractivity contribution is 9.10. The van der Waals surface area contributed by atoms with Crippen molar-refractivity contribution in [3.63, 3.8) is 0 Å². The smallest absolute Gasteiger partial charge is 0.167 e. The summed E-state index contributed by atoms with van der Waals surface area (Å²) in [6.45, 7) is 5.41. The Morgan fingerprint density at radius 2 is 1.90 bits per heavy atom. The molecule has 1 fully saturated rings. The molecule has 0 spiro atoms. The average Bonchev–Trinajstić information content (AvgIpc) is 3.19. The monoisotopic (exact) mass is 480 g/mol. The van der Waals surface area contributed by atoms with E-state index < -0.39 is 5.60 Å². The van der Waals surface area contributed by atoms with Crippen LogP contribution in [0, 0.1) is 5.92 Å². The zero-order chi connectivity index (χ0) is 21.8. The van der Waals surface area contributed by atoms with Crippen molar-refractivity contribution in [3.05, 3.63) is 47.2 Å². The van der Waals surface area contributed by atoms with Crippen LogP contribution in [0.4, 0.5) is 11.6 Å². The van der Waals surface area contributed by atoms with Crippen molar-refractivity contribution in [2.45, 2.75) is 32.3 Å². The van der Waals surface area contributed by atoms with Gasteiger partial charge in [-0.05, 0) is 60.7 Å². The van der Waals surface area contributed by atoms with Gasteiger partial charge in [0.2, 0.25) is 0 Å². The number of para-hydroxylation sites is 1. The second-order valence-electron chi connectivity index (χ2n) is 8.76. The number of aliphatic hydroxyl groups is 1. The molecule has 1 saturated heterocycles. The molecule has 5 rings (SSSR count). The summed E-state index contributed by atoms with van der Waals surface area (Å²) in [6.07, 6.45) is 5.46. The molecule has 0 saturated carbocycles. The number of aromatic nitrogens is 4. The number of halogens is 1. The van der Waals surface area contributed by atoms with Crippen LogP contribution in [0.1, 0.15) is 26.7 Å². The second kappa shape index (κ2) is 7.46. The van der Waals surface area contributed by atoms with Crippen LogP contribution in [-0.2, 0) is 0 Å². The van der Waals surface area contributed by atoms with Gasteiger partial charge in [-0.2, -0.15) is 9.61 Å². The van der Waals surface area contributed by atoms with E-state index in [1.165, 1.54) is 0 Å². The third-order valence-electron chi connectivity index (χ3n) is 6.30. The summed E-state index contributed by atoms with van der Waals surface area (Å²) < 4.78 is 2.41. The number of fused-ring (bicyclic) bond motifs is 2. The molecule has 7 nitrogen and oxygen atoms in total. The molecule has 0 aliphatic carbocycles. The standard InChI is InChI=1S/C23H25BrN6O/c1-23(2,31)16-7-9-29(10-8-16)22-19(24)20(25)30-21(28-22)17(13-27-30)15-11-14-5-3-4-6-18(14)26-12-15/h3-6,11-13,16,31H,7-10,25H2,1-2H3. The maximum atomic E-state index is 10.4. The van der Waals surface area contributed by atoms with Crippen LogP contribution in [0.5, 0.6) is 0 Å². The molecule has 4 heterocycles. The first kappa shape index (κ1) is 20.2. The van der Waals surface area contributed by atoms with Gasteiger partial charge in [0.15, 0.2) is 5.65 Å². The Bertz CT molecular complexity index is 1270. The minimum Gasteiger partial charge on any atom is -0.390 e. The number of piperidine rings is 1. The summed E-state index contributed by atoms with van der Waals surface area (Å²) >= 11 is 3.64. The van der Waals surface area contributed by atoms with Gasteiger partial charge in [0.1, 0.15) is 16.1 Å². The van der Waals surface area contributed by atoms with Crippen molar-refractivity contribution >= 4 is 44.1 Å². The van der Waals surface area contributed by atoms with E-state index in [-0.39, 0.29) is 5.92 Å². The summed E-state index contributed by atoms with van der Waals surface area (Å²) in [5, 5.41) is 15.9. The van der Waals surface area contributed by atoms with Crippen molar-refractivity contribution in [1.29, 1.82) is 0 Å². The van der Waals surface area contributed by atoms with E-state index in [0.717, 1.165) is 58.3 Å². The Balaban J connectivity index is 1.56. The Morgan fingerprint density at radius 1 is 1.16 bits per heavy atom. The number of nitrogens with zero attached hydrogens (tertiary/aromatic N) is 5. The molecule has 1 aliphatic rings. The topological polar surface area (TPSA) is 92.6 Å². The summed E-state index contributed by atoms with van der Waals surface area (Å²) in [4.78, 5) is 11.8. The van der Waals surface area contributed by atoms with Crippen LogP contribution in [-0.4, -0.2) is 43.4 Å². The Labute approximate surface area is 189 Å². The van der Waals surface area contributed by atoms with E-state index in [1.807, 2.05) is 44.3 Å². The van der Waals surface area contributed by atoms with Crippen LogP contribution in [0.15, 0.2) is 47.2 Å². The number of benzene rings is 1. The van der Waals surface area contributed by atoms with Crippen molar-refractivity contribution < 1.29 is 5.11 Å². The van der Waals surface area contributed by atoms with Gasteiger partial charge in [-0.15, -0.1) is 0 Å². The van der Waals surface area contributed by atoms with Gasteiger partial charge in [-0.1, -0.05) is 18.2 Å². The highest BCUT2D eigenvalue weighted by atomic mass is 79.9. The summed E-state index contributed by atoms with van der Waals surface area (Å²) in [5.41, 5.74) is 9.28. The van der Waals surface area contributed by atoms with Gasteiger partial charge < -0.3 is 15.7 Å². The Morgan fingerprint density at radius 3 is 2.65 bits per heavy atom. The van der Waals surface area contributed by atoms with Crippen molar-refractivity contribution in [2.75, 3.05) is 23.7 Å². The Kier molecular flexibility index (Phi) is 4.86. The SMILES string of the molecule is CC(C)(O)C1CCN(c2nc3c(-c4cnc5ccccc5c4)cnn3c(N)c2Br)CC1. The predicted octanol–water partition coefficient (Wildman–Crippen LogP) is 4.28. The van der Waals surface area contributed by atoms with E-state index in [2.05, 4.69) is 37.0 Å². The number of anilines is 2. The number of rotatable bonds is 3. The molecule has 8 heteroatoms. The first-order chi connectivity index (χ1) is 14.8. The van der Waals surface area contributed by atoms with Gasteiger partial charge in [0.25, 0.3) is 0 Å². The highest BCUT2D eigenvalue weighted by Crippen LogP contribution is 2.37. The number of nitrogens with two attached hydrogens (primary N) is 1. The third-order valence-corrected chi connectivity index (χ3v) is 7.06. The van der Waals surface area contributed by atoms with Crippen LogP contribution in [0.2, 0.25) is 0 Å². The van der Waals surface area contributed by atoms with Gasteiger partial charge in [0, 0.05) is 35.8 Å². The lowest BCUT2D eigenvalue weighted by Gasteiger charge is -2.38. The number of pyridine rings is 1. The lowest BCUT2D eigenvalue weighted by Crippen LogP contribution is -2.42. The number of hydrogen-bond acceptors (Lipinski definition) is 6. The highest BCUT2D eigenvalue weighted by Gasteiger charge is 2.32. The molecule has 0 unspecified atom stereocenters. The summed E-state index contributed by atoms with van der Waals surface area (Å²) in [7, 11) is 0. The van der Waals surface area contributed by atoms with Crippen LogP contribution in [0.3, 0.4) is 0 Å². The van der Waals surface area contributed by atoms with E-state index >= 15 is 0 Å². The Hall–Kier alpha value is -2.71. The van der Waals surface area contributed by atoms with E-state index in [4.69, 9.17) is 10.7 Å². The molecule has 160 valence electrons. The van der Waals surface area contributed by atoms with Crippen LogP contribution >= 0.6 is 15.9 Å². The van der Waals surface area contributed by atoms with Crippen molar-refractivity contribution in [2.24, 2.45) is 5.92 Å². The normalized spacial score (nSPS) is 15.8. The molecular formula is C23H25BrN6O. The fourth-order valence-corrected chi connectivity index (χ4v) is 4.92. The van der Waals surface area contributed by atoms with Crippen molar-refractivity contribution in [1.82, 2.24) is 19.6 Å². The molecule has 0 bridgehead atoms. The second-order valence-corrected chi connectivity index (χ2v) is 9.55. The van der Waals surface area contributed by atoms with Crippen LogP contribution < -0.4 is 10.6 Å². The van der Waals surface area contributed by atoms with Gasteiger partial charge in [-0.3, -0.25) is 4.98 Å². The molecule has 1 aromatic carbocycles. The van der Waals surface area contributed by atoms with E-state index in [1.54, 1.807) is 10.7 Å². The molecule has 0 amide bonds. The summed E-state index contributed by atoms with van der Waals surface area (Å²) in [5.74, 6) is 1.61. The largest absolute Gasteiger partial charge is 0.390 e. The first-order valence-electron chi connectivity index (χ1n) is 10.5. The molecule has 0 radical (unpaired) electrons. The molecule has 0 atom stereocenters. The minimum atomic E-state index is -0.665. The van der Waals surface area contributed by atoms with Crippen LogP contribution in [0.25, 0.3) is 27.7 Å². The van der Waals surface area contributed by atoms with E-state index in [9.17, 15) is 5.11 Å². The van der Waals surface area contributed by atoms with Gasteiger partial charge in [0.05, 0.1) is 17.3 Å². The molecule has 1 aliphatic heterocycles. The zero-order valence-corrected chi connectivity index (χ0v) is 19.2. The predicted molar refractivity (Wildman–Crippen MR) is 127 cm³/mol. The van der Waals surface area contributed by atoms with Gasteiger partial charge >= 0.3 is 0 Å². The van der Waals surface area contributed by atoms with E-state index in [0.29, 0.717) is 11.5 Å². The van der Waals surface area contributed by atoms with Gasteiger partial charge in [-0.25, -0.2) is 4.98 Å².